The molecule has 0 aromatic heterocycles. The van der Waals surface area contributed by atoms with Gasteiger partial charge in [0, 0.05) is 31.1 Å². The van der Waals surface area contributed by atoms with E-state index in [1.807, 2.05) is 11.9 Å². The fourth-order valence-electron chi connectivity index (χ4n) is 2.92. The Balaban J connectivity index is 1.62. The number of morpholine rings is 1. The highest BCUT2D eigenvalue weighted by molar-refractivity contribution is 5.81. The lowest BCUT2D eigenvalue weighted by Crippen LogP contribution is -2.49. The maximum absolute atomic E-state index is 13.9. The zero-order valence-corrected chi connectivity index (χ0v) is 12.6. The van der Waals surface area contributed by atoms with Gasteiger partial charge in [0.2, 0.25) is 0 Å². The second-order valence-corrected chi connectivity index (χ2v) is 6.24. The molecular formula is C16H20F2N2O2. The van der Waals surface area contributed by atoms with Gasteiger partial charge in [0.1, 0.15) is 17.7 Å². The van der Waals surface area contributed by atoms with Crippen LogP contribution < -0.4 is 5.32 Å². The van der Waals surface area contributed by atoms with Crippen LogP contribution in [0.1, 0.15) is 18.4 Å². The molecule has 22 heavy (non-hydrogen) atoms. The summed E-state index contributed by atoms with van der Waals surface area (Å²) in [5.41, 5.74) is 0.0875. The monoisotopic (exact) mass is 310 g/mol. The van der Waals surface area contributed by atoms with Gasteiger partial charge in [-0.15, -0.1) is 0 Å². The van der Waals surface area contributed by atoms with Gasteiger partial charge in [0.25, 0.3) is 5.91 Å². The molecule has 1 aromatic carbocycles. The smallest absolute Gasteiger partial charge is 0.250 e. The van der Waals surface area contributed by atoms with E-state index in [-0.39, 0.29) is 5.91 Å². The van der Waals surface area contributed by atoms with Crippen molar-refractivity contribution in [2.24, 2.45) is 0 Å². The number of benzene rings is 1. The topological polar surface area (TPSA) is 41.6 Å². The molecule has 1 saturated carbocycles. The average molecular weight is 310 g/mol. The van der Waals surface area contributed by atoms with E-state index in [2.05, 4.69) is 5.32 Å². The number of nitrogens with one attached hydrogen (secondary N) is 1. The molecule has 2 fully saturated rings. The standard InChI is InChI=1S/C16H20F2N2O2/c1-20-6-7-22-14(9-20)15(21)19-10-16(4-5-16)12-3-2-11(17)8-13(12)18/h2-3,8,14H,4-7,9-10H2,1H3,(H,19,21)/t14-/m1/s1. The van der Waals surface area contributed by atoms with Gasteiger partial charge in [0.15, 0.2) is 0 Å². The first kappa shape index (κ1) is 15.4. The number of ether oxygens (including phenoxy) is 1. The van der Waals surface area contributed by atoms with Crippen molar-refractivity contribution < 1.29 is 18.3 Å². The van der Waals surface area contributed by atoms with Crippen LogP contribution in [-0.4, -0.2) is 50.2 Å². The van der Waals surface area contributed by atoms with Gasteiger partial charge in [-0.3, -0.25) is 4.79 Å². The lowest BCUT2D eigenvalue weighted by atomic mass is 9.95. The van der Waals surface area contributed by atoms with E-state index in [4.69, 9.17) is 4.74 Å². The third-order valence-electron chi connectivity index (χ3n) is 4.52. The lowest BCUT2D eigenvalue weighted by molar-refractivity contribution is -0.137. The maximum Gasteiger partial charge on any atom is 0.250 e. The summed E-state index contributed by atoms with van der Waals surface area (Å²) in [5.74, 6) is -1.29. The summed E-state index contributed by atoms with van der Waals surface area (Å²) in [6, 6.07) is 3.64. The van der Waals surface area contributed by atoms with E-state index in [0.29, 0.717) is 25.3 Å². The van der Waals surface area contributed by atoms with Crippen molar-refractivity contribution in [3.63, 3.8) is 0 Å². The number of carbonyl (C=O) groups is 1. The largest absolute Gasteiger partial charge is 0.366 e. The molecule has 1 saturated heterocycles. The molecular weight excluding hydrogens is 290 g/mol. The minimum Gasteiger partial charge on any atom is -0.366 e. The molecule has 1 atom stereocenters. The van der Waals surface area contributed by atoms with Crippen LogP contribution in [0.2, 0.25) is 0 Å². The Hall–Kier alpha value is -1.53. The third-order valence-corrected chi connectivity index (χ3v) is 4.52. The molecule has 0 spiro atoms. The van der Waals surface area contributed by atoms with Gasteiger partial charge in [0.05, 0.1) is 6.61 Å². The fraction of sp³-hybridized carbons (Fsp3) is 0.562. The highest BCUT2D eigenvalue weighted by Gasteiger charge is 2.46. The van der Waals surface area contributed by atoms with Crippen molar-refractivity contribution in [2.45, 2.75) is 24.4 Å². The predicted octanol–water partition coefficient (Wildman–Crippen LogP) is 1.44. The molecule has 3 rings (SSSR count). The Bertz CT molecular complexity index is 575. The van der Waals surface area contributed by atoms with Gasteiger partial charge in [-0.25, -0.2) is 8.78 Å². The summed E-state index contributed by atoms with van der Waals surface area (Å²) in [6.07, 6.45) is 1.11. The second-order valence-electron chi connectivity index (χ2n) is 6.24. The molecule has 1 aliphatic carbocycles. The number of hydrogen-bond donors (Lipinski definition) is 1. The third kappa shape index (κ3) is 3.13. The van der Waals surface area contributed by atoms with E-state index in [1.165, 1.54) is 12.1 Å². The predicted molar refractivity (Wildman–Crippen MR) is 77.5 cm³/mol. The minimum atomic E-state index is -0.584. The van der Waals surface area contributed by atoms with Crippen LogP contribution in [0.5, 0.6) is 0 Å². The Morgan fingerprint density at radius 3 is 2.86 bits per heavy atom. The van der Waals surface area contributed by atoms with Crippen LogP contribution in [0.25, 0.3) is 0 Å². The Morgan fingerprint density at radius 1 is 1.45 bits per heavy atom. The van der Waals surface area contributed by atoms with E-state index in [9.17, 15) is 13.6 Å². The molecule has 0 unspecified atom stereocenters. The Morgan fingerprint density at radius 2 is 2.23 bits per heavy atom. The summed E-state index contributed by atoms with van der Waals surface area (Å²) in [4.78, 5) is 14.2. The van der Waals surface area contributed by atoms with Gasteiger partial charge < -0.3 is 15.0 Å². The van der Waals surface area contributed by atoms with Crippen LogP contribution in [0.3, 0.4) is 0 Å². The number of nitrogens with zero attached hydrogens (tertiary/aromatic N) is 1. The molecule has 0 bridgehead atoms. The molecule has 0 radical (unpaired) electrons. The van der Waals surface area contributed by atoms with Gasteiger partial charge >= 0.3 is 0 Å². The first-order valence-corrected chi connectivity index (χ1v) is 7.54. The number of likely N-dealkylation sites (N-methyl/N-ethyl adjacent to an activating group) is 1. The summed E-state index contributed by atoms with van der Waals surface area (Å²) in [7, 11) is 1.94. The molecule has 1 aliphatic heterocycles. The van der Waals surface area contributed by atoms with Crippen LogP contribution in [0.4, 0.5) is 8.78 Å². The molecule has 1 N–H and O–H groups in total. The van der Waals surface area contributed by atoms with Crippen molar-refractivity contribution >= 4 is 5.91 Å². The minimum absolute atomic E-state index is 0.166. The first-order chi connectivity index (χ1) is 10.5. The van der Waals surface area contributed by atoms with Crippen LogP contribution in [0.15, 0.2) is 18.2 Å². The zero-order chi connectivity index (χ0) is 15.7. The average Bonchev–Trinajstić information content (AvgIpc) is 3.25. The Labute approximate surface area is 128 Å². The summed E-state index contributed by atoms with van der Waals surface area (Å²) < 4.78 is 32.4. The first-order valence-electron chi connectivity index (χ1n) is 7.54. The molecule has 2 aliphatic rings. The SMILES string of the molecule is CN1CCO[C@@H](C(=O)NCC2(c3ccc(F)cc3F)CC2)C1. The molecule has 1 aromatic rings. The van der Waals surface area contributed by atoms with Crippen molar-refractivity contribution in [3.8, 4) is 0 Å². The van der Waals surface area contributed by atoms with Crippen molar-refractivity contribution in [1.82, 2.24) is 10.2 Å². The summed E-state index contributed by atoms with van der Waals surface area (Å²) in [6.45, 7) is 2.27. The maximum atomic E-state index is 13.9. The quantitative estimate of drug-likeness (QED) is 0.915. The number of carbonyl (C=O) groups excluding carboxylic acids is 1. The number of hydrogen-bond acceptors (Lipinski definition) is 3. The number of amides is 1. The summed E-state index contributed by atoms with van der Waals surface area (Å²) >= 11 is 0. The lowest BCUT2D eigenvalue weighted by Gasteiger charge is -2.29. The van der Waals surface area contributed by atoms with Gasteiger partial charge in [-0.2, -0.15) is 0 Å². The molecule has 4 nitrogen and oxygen atoms in total. The van der Waals surface area contributed by atoms with Crippen molar-refractivity contribution in [2.75, 3.05) is 33.3 Å². The highest BCUT2D eigenvalue weighted by atomic mass is 19.1. The molecule has 120 valence electrons. The van der Waals surface area contributed by atoms with Crippen LogP contribution >= 0.6 is 0 Å². The normalized spacial score (nSPS) is 24.0. The number of halogens is 2. The van der Waals surface area contributed by atoms with Gasteiger partial charge in [-0.05, 0) is 31.5 Å². The van der Waals surface area contributed by atoms with E-state index < -0.39 is 23.2 Å². The second kappa shape index (κ2) is 5.93. The van der Waals surface area contributed by atoms with E-state index >= 15 is 0 Å². The highest BCUT2D eigenvalue weighted by Crippen LogP contribution is 2.48. The molecule has 1 amide bonds. The number of rotatable bonds is 4. The molecule has 1 heterocycles. The van der Waals surface area contributed by atoms with Crippen molar-refractivity contribution in [1.29, 1.82) is 0 Å². The van der Waals surface area contributed by atoms with Gasteiger partial charge in [-0.1, -0.05) is 6.07 Å². The molecule has 6 heteroatoms. The van der Waals surface area contributed by atoms with E-state index in [0.717, 1.165) is 25.5 Å². The fourth-order valence-corrected chi connectivity index (χ4v) is 2.92. The Kier molecular flexibility index (Phi) is 4.14. The van der Waals surface area contributed by atoms with Crippen molar-refractivity contribution in [3.05, 3.63) is 35.4 Å². The van der Waals surface area contributed by atoms with Crippen LogP contribution in [-0.2, 0) is 14.9 Å². The summed E-state index contributed by atoms with van der Waals surface area (Å²) in [5, 5.41) is 2.87. The van der Waals surface area contributed by atoms with Crippen LogP contribution in [0, 0.1) is 11.6 Å². The zero-order valence-electron chi connectivity index (χ0n) is 12.6. The van der Waals surface area contributed by atoms with E-state index in [1.54, 1.807) is 0 Å².